The topological polar surface area (TPSA) is 32.3 Å². The Labute approximate surface area is 107 Å². The van der Waals surface area contributed by atoms with E-state index in [9.17, 15) is 9.18 Å². The van der Waals surface area contributed by atoms with E-state index < -0.39 is 0 Å². The second kappa shape index (κ2) is 5.48. The number of nitrogens with one attached hydrogen (secondary N) is 1. The van der Waals surface area contributed by atoms with Crippen LogP contribution >= 0.6 is 0 Å². The molecular formula is C14H19FN2O. The Morgan fingerprint density at radius 1 is 1.50 bits per heavy atom. The largest absolute Gasteiger partial charge is 0.311 e. The van der Waals surface area contributed by atoms with Gasteiger partial charge in [-0.05, 0) is 44.0 Å². The summed E-state index contributed by atoms with van der Waals surface area (Å²) in [6.45, 7) is 5.28. The number of hydrogen-bond donors (Lipinski definition) is 1. The molecule has 3 nitrogen and oxygen atoms in total. The van der Waals surface area contributed by atoms with Crippen molar-refractivity contribution in [2.24, 2.45) is 0 Å². The molecule has 0 aliphatic carbocycles. The van der Waals surface area contributed by atoms with Gasteiger partial charge in [-0.15, -0.1) is 0 Å². The number of carbonyl (C=O) groups excluding carboxylic acids is 1. The van der Waals surface area contributed by atoms with Crippen LogP contribution in [0.5, 0.6) is 0 Å². The maximum Gasteiger partial charge on any atom is 0.244 e. The number of halogens is 1. The molecule has 1 aliphatic rings. The van der Waals surface area contributed by atoms with E-state index in [1.54, 1.807) is 24.0 Å². The Kier molecular flexibility index (Phi) is 3.97. The van der Waals surface area contributed by atoms with Gasteiger partial charge in [-0.2, -0.15) is 0 Å². The maximum absolute atomic E-state index is 13.5. The first kappa shape index (κ1) is 13.0. The van der Waals surface area contributed by atoms with Crippen LogP contribution in [-0.4, -0.2) is 25.0 Å². The minimum atomic E-state index is -0.259. The Balaban J connectivity index is 2.10. The van der Waals surface area contributed by atoms with Gasteiger partial charge in [-0.25, -0.2) is 4.39 Å². The number of hydrogen-bond acceptors (Lipinski definition) is 2. The van der Waals surface area contributed by atoms with Crippen molar-refractivity contribution in [2.45, 2.75) is 32.7 Å². The van der Waals surface area contributed by atoms with Crippen molar-refractivity contribution >= 4 is 11.6 Å². The first-order chi connectivity index (χ1) is 8.63. The summed E-state index contributed by atoms with van der Waals surface area (Å²) in [6.07, 6.45) is 1.79. The van der Waals surface area contributed by atoms with Crippen molar-refractivity contribution in [1.82, 2.24) is 5.32 Å². The minimum absolute atomic E-state index is 0.0479. The number of benzene rings is 1. The van der Waals surface area contributed by atoms with E-state index in [4.69, 9.17) is 0 Å². The Hall–Kier alpha value is -1.42. The van der Waals surface area contributed by atoms with Crippen molar-refractivity contribution in [1.29, 1.82) is 0 Å². The number of amides is 1. The molecule has 0 spiro atoms. The molecule has 0 radical (unpaired) electrons. The zero-order chi connectivity index (χ0) is 13.1. The normalized spacial score (nSPS) is 19.6. The average Bonchev–Trinajstić information content (AvgIpc) is 2.72. The van der Waals surface area contributed by atoms with Crippen LogP contribution in [0.15, 0.2) is 18.2 Å². The van der Waals surface area contributed by atoms with Gasteiger partial charge in [0.2, 0.25) is 5.91 Å². The molecule has 1 atom stereocenters. The van der Waals surface area contributed by atoms with Crippen LogP contribution in [0.2, 0.25) is 0 Å². The third-order valence-electron chi connectivity index (χ3n) is 3.31. The summed E-state index contributed by atoms with van der Waals surface area (Å²) in [5, 5.41) is 3.22. The van der Waals surface area contributed by atoms with E-state index in [0.717, 1.165) is 19.4 Å². The maximum atomic E-state index is 13.5. The molecule has 0 bridgehead atoms. The van der Waals surface area contributed by atoms with Crippen LogP contribution in [-0.2, 0) is 4.79 Å². The predicted molar refractivity (Wildman–Crippen MR) is 70.2 cm³/mol. The highest BCUT2D eigenvalue weighted by molar-refractivity contribution is 5.99. The number of anilines is 1. The van der Waals surface area contributed by atoms with Gasteiger partial charge in [0.1, 0.15) is 5.82 Å². The standard InChI is InChI=1S/C14H19FN2O/c1-3-7-16-13-6-8-17(14(13)18)11-5-4-10(2)12(15)9-11/h4-5,9,13,16H,3,6-8H2,1-2H3. The summed E-state index contributed by atoms with van der Waals surface area (Å²) < 4.78 is 13.5. The van der Waals surface area contributed by atoms with Gasteiger partial charge in [-0.3, -0.25) is 4.79 Å². The van der Waals surface area contributed by atoms with E-state index in [0.29, 0.717) is 17.8 Å². The van der Waals surface area contributed by atoms with Crippen molar-refractivity contribution in [2.75, 3.05) is 18.0 Å². The Bertz CT molecular complexity index is 447. The molecule has 1 fully saturated rings. The molecule has 18 heavy (non-hydrogen) atoms. The lowest BCUT2D eigenvalue weighted by Crippen LogP contribution is -2.38. The van der Waals surface area contributed by atoms with Gasteiger partial charge < -0.3 is 10.2 Å². The molecule has 1 heterocycles. The summed E-state index contributed by atoms with van der Waals surface area (Å²) in [4.78, 5) is 13.8. The SMILES string of the molecule is CCCNC1CCN(c2ccc(C)c(F)c2)C1=O. The van der Waals surface area contributed by atoms with Crippen molar-refractivity contribution in [3.05, 3.63) is 29.6 Å². The number of aryl methyl sites for hydroxylation is 1. The van der Waals surface area contributed by atoms with Gasteiger partial charge in [0.25, 0.3) is 0 Å². The number of carbonyl (C=O) groups is 1. The fourth-order valence-electron chi connectivity index (χ4n) is 2.19. The molecule has 1 aliphatic heterocycles. The van der Waals surface area contributed by atoms with Crippen molar-refractivity contribution in [3.8, 4) is 0 Å². The van der Waals surface area contributed by atoms with E-state index in [2.05, 4.69) is 12.2 Å². The fourth-order valence-corrected chi connectivity index (χ4v) is 2.19. The molecule has 98 valence electrons. The molecule has 0 aromatic heterocycles. The summed E-state index contributed by atoms with van der Waals surface area (Å²) >= 11 is 0. The summed E-state index contributed by atoms with van der Waals surface area (Å²) in [7, 11) is 0. The van der Waals surface area contributed by atoms with Gasteiger partial charge in [0, 0.05) is 12.2 Å². The third kappa shape index (κ3) is 2.53. The molecule has 1 unspecified atom stereocenters. The molecule has 1 amide bonds. The van der Waals surface area contributed by atoms with E-state index in [-0.39, 0.29) is 17.8 Å². The first-order valence-corrected chi connectivity index (χ1v) is 6.44. The summed E-state index contributed by atoms with van der Waals surface area (Å²) in [6, 6.07) is 4.84. The lowest BCUT2D eigenvalue weighted by Gasteiger charge is -2.17. The quantitative estimate of drug-likeness (QED) is 0.888. The average molecular weight is 250 g/mol. The molecule has 0 saturated carbocycles. The smallest absolute Gasteiger partial charge is 0.244 e. The van der Waals surface area contributed by atoms with Crippen LogP contribution in [0.3, 0.4) is 0 Å². The zero-order valence-electron chi connectivity index (χ0n) is 10.9. The molecule has 1 saturated heterocycles. The molecule has 4 heteroatoms. The van der Waals surface area contributed by atoms with Crippen LogP contribution in [0.4, 0.5) is 10.1 Å². The highest BCUT2D eigenvalue weighted by Crippen LogP contribution is 2.23. The van der Waals surface area contributed by atoms with Gasteiger partial charge in [0.15, 0.2) is 0 Å². The second-order valence-corrected chi connectivity index (χ2v) is 4.72. The second-order valence-electron chi connectivity index (χ2n) is 4.72. The highest BCUT2D eigenvalue weighted by Gasteiger charge is 2.31. The predicted octanol–water partition coefficient (Wildman–Crippen LogP) is 2.24. The highest BCUT2D eigenvalue weighted by atomic mass is 19.1. The Morgan fingerprint density at radius 2 is 2.28 bits per heavy atom. The molecule has 2 rings (SSSR count). The van der Waals surface area contributed by atoms with Crippen LogP contribution in [0.25, 0.3) is 0 Å². The lowest BCUT2D eigenvalue weighted by atomic mass is 10.2. The van der Waals surface area contributed by atoms with Gasteiger partial charge >= 0.3 is 0 Å². The van der Waals surface area contributed by atoms with Crippen molar-refractivity contribution < 1.29 is 9.18 Å². The molecule has 1 aromatic rings. The molecule has 1 aromatic carbocycles. The van der Waals surface area contributed by atoms with E-state index >= 15 is 0 Å². The number of nitrogens with zero attached hydrogens (tertiary/aromatic N) is 1. The van der Waals surface area contributed by atoms with Gasteiger partial charge in [0.05, 0.1) is 6.04 Å². The van der Waals surface area contributed by atoms with Crippen LogP contribution in [0.1, 0.15) is 25.3 Å². The van der Waals surface area contributed by atoms with Gasteiger partial charge in [-0.1, -0.05) is 13.0 Å². The Morgan fingerprint density at radius 3 is 2.94 bits per heavy atom. The van der Waals surface area contributed by atoms with Crippen LogP contribution in [0, 0.1) is 12.7 Å². The first-order valence-electron chi connectivity index (χ1n) is 6.44. The monoisotopic (exact) mass is 250 g/mol. The fraction of sp³-hybridized carbons (Fsp3) is 0.500. The van der Waals surface area contributed by atoms with E-state index in [1.165, 1.54) is 6.07 Å². The third-order valence-corrected chi connectivity index (χ3v) is 3.31. The molecule has 1 N–H and O–H groups in total. The minimum Gasteiger partial charge on any atom is -0.311 e. The lowest BCUT2D eigenvalue weighted by molar-refractivity contribution is -0.118. The van der Waals surface area contributed by atoms with E-state index in [1.807, 2.05) is 0 Å². The zero-order valence-corrected chi connectivity index (χ0v) is 10.9. The summed E-state index contributed by atoms with van der Waals surface area (Å²) in [5.41, 5.74) is 1.26. The van der Waals surface area contributed by atoms with Crippen LogP contribution < -0.4 is 10.2 Å². The summed E-state index contributed by atoms with van der Waals surface area (Å²) in [5.74, 6) is -0.211. The number of rotatable bonds is 4. The van der Waals surface area contributed by atoms with Crippen molar-refractivity contribution in [3.63, 3.8) is 0 Å². The molecular weight excluding hydrogens is 231 g/mol.